The van der Waals surface area contributed by atoms with Crippen molar-refractivity contribution in [1.29, 1.82) is 0 Å². The molecule has 30 heavy (non-hydrogen) atoms. The monoisotopic (exact) mass is 509 g/mol. The van der Waals surface area contributed by atoms with E-state index in [1.54, 1.807) is 24.4 Å². The van der Waals surface area contributed by atoms with Gasteiger partial charge >= 0.3 is 0 Å². The number of halogens is 3. The van der Waals surface area contributed by atoms with Crippen LogP contribution in [0.15, 0.2) is 44.7 Å². The second-order valence-corrected chi connectivity index (χ2v) is 9.92. The molecule has 8 heteroatoms. The highest BCUT2D eigenvalue weighted by molar-refractivity contribution is 9.10. The molecule has 0 unspecified atom stereocenters. The summed E-state index contributed by atoms with van der Waals surface area (Å²) in [4.78, 5) is 17.9. The Bertz CT molecular complexity index is 1170. The number of benzene rings is 2. The number of nitrogens with zero attached hydrogens (tertiary/aromatic N) is 3. The molecule has 0 saturated heterocycles. The van der Waals surface area contributed by atoms with Crippen molar-refractivity contribution in [2.45, 2.75) is 46.1 Å². The van der Waals surface area contributed by atoms with Gasteiger partial charge in [0.2, 0.25) is 0 Å². The number of aromatic nitrogens is 2. The standard InChI is InChI=1S/C22H22BrCl2N3O2/c1-12(2)30-19-16(24)8-13(9-17(19)25)11-26-28-20(29)15-10-14(23)6-7-18(15)27-21(28)22(3,4)5/h6-12H,1-5H3. The summed E-state index contributed by atoms with van der Waals surface area (Å²) in [5.74, 6) is 0.978. The van der Waals surface area contributed by atoms with Gasteiger partial charge in [-0.2, -0.15) is 9.78 Å². The first-order valence-corrected chi connectivity index (χ1v) is 10.9. The lowest BCUT2D eigenvalue weighted by molar-refractivity contribution is 0.243. The molecule has 0 aliphatic heterocycles. The quantitative estimate of drug-likeness (QED) is 0.380. The maximum atomic E-state index is 13.2. The Balaban J connectivity index is 2.14. The van der Waals surface area contributed by atoms with Crippen molar-refractivity contribution in [2.75, 3.05) is 0 Å². The van der Waals surface area contributed by atoms with E-state index in [4.69, 9.17) is 32.9 Å². The van der Waals surface area contributed by atoms with Crippen molar-refractivity contribution in [1.82, 2.24) is 9.66 Å². The molecule has 158 valence electrons. The molecule has 1 aromatic heterocycles. The van der Waals surface area contributed by atoms with Crippen LogP contribution in [0.4, 0.5) is 0 Å². The van der Waals surface area contributed by atoms with Gasteiger partial charge in [-0.15, -0.1) is 0 Å². The molecule has 0 radical (unpaired) electrons. The molecule has 0 aliphatic carbocycles. The van der Waals surface area contributed by atoms with Crippen LogP contribution in [-0.4, -0.2) is 22.0 Å². The van der Waals surface area contributed by atoms with Crippen molar-refractivity contribution >= 4 is 56.2 Å². The summed E-state index contributed by atoms with van der Waals surface area (Å²) in [7, 11) is 0. The van der Waals surface area contributed by atoms with E-state index in [-0.39, 0.29) is 11.7 Å². The van der Waals surface area contributed by atoms with E-state index in [2.05, 4.69) is 21.0 Å². The summed E-state index contributed by atoms with van der Waals surface area (Å²) < 4.78 is 7.78. The van der Waals surface area contributed by atoms with Crippen LogP contribution in [0.25, 0.3) is 10.9 Å². The zero-order valence-electron chi connectivity index (χ0n) is 17.3. The first kappa shape index (κ1) is 22.8. The fourth-order valence-corrected chi connectivity index (χ4v) is 3.82. The minimum atomic E-state index is -0.401. The second kappa shape index (κ2) is 8.69. The average Bonchev–Trinajstić information content (AvgIpc) is 2.63. The van der Waals surface area contributed by atoms with Gasteiger partial charge in [0.25, 0.3) is 5.56 Å². The van der Waals surface area contributed by atoms with Gasteiger partial charge < -0.3 is 4.74 Å². The van der Waals surface area contributed by atoms with Gasteiger partial charge in [0, 0.05) is 9.89 Å². The van der Waals surface area contributed by atoms with Gasteiger partial charge in [-0.3, -0.25) is 4.79 Å². The van der Waals surface area contributed by atoms with Gasteiger partial charge in [-0.1, -0.05) is 59.9 Å². The van der Waals surface area contributed by atoms with E-state index in [0.717, 1.165) is 4.47 Å². The molecule has 0 atom stereocenters. The van der Waals surface area contributed by atoms with Crippen LogP contribution in [0.3, 0.4) is 0 Å². The van der Waals surface area contributed by atoms with Gasteiger partial charge in [0.15, 0.2) is 5.75 Å². The molecule has 3 rings (SSSR count). The number of fused-ring (bicyclic) bond motifs is 1. The number of hydrogen-bond acceptors (Lipinski definition) is 4. The maximum absolute atomic E-state index is 13.2. The van der Waals surface area contributed by atoms with Crippen molar-refractivity contribution < 1.29 is 4.74 Å². The molecule has 0 fully saturated rings. The lowest BCUT2D eigenvalue weighted by Crippen LogP contribution is -2.29. The minimum absolute atomic E-state index is 0.0598. The van der Waals surface area contributed by atoms with E-state index >= 15 is 0 Å². The molecule has 0 aliphatic rings. The Morgan fingerprint density at radius 1 is 1.17 bits per heavy atom. The van der Waals surface area contributed by atoms with Crippen molar-refractivity contribution in [3.05, 3.63) is 66.6 Å². The molecule has 1 heterocycles. The zero-order valence-corrected chi connectivity index (χ0v) is 20.4. The summed E-state index contributed by atoms with van der Waals surface area (Å²) in [6.07, 6.45) is 1.48. The minimum Gasteiger partial charge on any atom is -0.488 e. The van der Waals surface area contributed by atoms with Crippen LogP contribution in [0, 0.1) is 0 Å². The summed E-state index contributed by atoms with van der Waals surface area (Å²) >= 11 is 16.1. The third-order valence-electron chi connectivity index (χ3n) is 4.18. The van der Waals surface area contributed by atoms with Gasteiger partial charge in [-0.25, -0.2) is 4.98 Å². The van der Waals surface area contributed by atoms with E-state index in [1.807, 2.05) is 46.8 Å². The lowest BCUT2D eigenvalue weighted by Gasteiger charge is -2.21. The molecule has 0 spiro atoms. The van der Waals surface area contributed by atoms with Crippen LogP contribution in [-0.2, 0) is 5.41 Å². The first-order chi connectivity index (χ1) is 14.0. The average molecular weight is 511 g/mol. The van der Waals surface area contributed by atoms with E-state index < -0.39 is 5.41 Å². The summed E-state index contributed by atoms with van der Waals surface area (Å²) in [6, 6.07) is 8.81. The van der Waals surface area contributed by atoms with Crippen molar-refractivity contribution in [2.24, 2.45) is 5.10 Å². The predicted molar refractivity (Wildman–Crippen MR) is 128 cm³/mol. The highest BCUT2D eigenvalue weighted by Gasteiger charge is 2.23. The highest BCUT2D eigenvalue weighted by atomic mass is 79.9. The molecule has 3 aromatic rings. The third-order valence-corrected chi connectivity index (χ3v) is 5.23. The smallest absolute Gasteiger partial charge is 0.282 e. The van der Waals surface area contributed by atoms with E-state index in [9.17, 15) is 4.79 Å². The number of rotatable bonds is 4. The summed E-state index contributed by atoms with van der Waals surface area (Å²) in [5.41, 5.74) is 0.615. The second-order valence-electron chi connectivity index (χ2n) is 8.19. The molecule has 0 amide bonds. The van der Waals surface area contributed by atoms with Gasteiger partial charge in [0.1, 0.15) is 5.82 Å². The Morgan fingerprint density at radius 3 is 2.37 bits per heavy atom. The Hall–Kier alpha value is -1.89. The van der Waals surface area contributed by atoms with E-state index in [0.29, 0.717) is 38.1 Å². The predicted octanol–water partition coefficient (Wildman–Crippen LogP) is 6.43. The van der Waals surface area contributed by atoms with Crippen molar-refractivity contribution in [3.63, 3.8) is 0 Å². The Kier molecular flexibility index (Phi) is 6.60. The van der Waals surface area contributed by atoms with Gasteiger partial charge in [-0.05, 0) is 49.7 Å². The topological polar surface area (TPSA) is 56.5 Å². The molecule has 2 aromatic carbocycles. The number of hydrogen-bond donors (Lipinski definition) is 0. The molecule has 5 nitrogen and oxygen atoms in total. The largest absolute Gasteiger partial charge is 0.488 e. The Morgan fingerprint density at radius 2 is 1.80 bits per heavy atom. The highest BCUT2D eigenvalue weighted by Crippen LogP contribution is 2.34. The maximum Gasteiger partial charge on any atom is 0.282 e. The molecule has 0 saturated carbocycles. The molecular formula is C22H22BrCl2N3O2. The molecule has 0 N–H and O–H groups in total. The van der Waals surface area contributed by atoms with Crippen molar-refractivity contribution in [3.8, 4) is 5.75 Å². The lowest BCUT2D eigenvalue weighted by atomic mass is 9.95. The normalized spacial score (nSPS) is 12.3. The van der Waals surface area contributed by atoms with Crippen LogP contribution in [0.5, 0.6) is 5.75 Å². The summed E-state index contributed by atoms with van der Waals surface area (Å²) in [5, 5.41) is 5.67. The SMILES string of the molecule is CC(C)Oc1c(Cl)cc(C=Nn2c(C(C)(C)C)nc3ccc(Br)cc3c2=O)cc1Cl. The van der Waals surface area contributed by atoms with Crippen LogP contribution in [0.1, 0.15) is 46.0 Å². The van der Waals surface area contributed by atoms with Crippen LogP contribution >= 0.6 is 39.1 Å². The summed E-state index contributed by atoms with van der Waals surface area (Å²) in [6.45, 7) is 9.74. The number of ether oxygens (including phenoxy) is 1. The van der Waals surface area contributed by atoms with Gasteiger partial charge in [0.05, 0.1) is 33.3 Å². The zero-order chi connectivity index (χ0) is 22.2. The fourth-order valence-electron chi connectivity index (χ4n) is 2.87. The van der Waals surface area contributed by atoms with Crippen LogP contribution in [0.2, 0.25) is 10.0 Å². The molecule has 0 bridgehead atoms. The fraction of sp³-hybridized carbons (Fsp3) is 0.318. The molecular weight excluding hydrogens is 489 g/mol. The first-order valence-electron chi connectivity index (χ1n) is 9.40. The van der Waals surface area contributed by atoms with E-state index in [1.165, 1.54) is 4.68 Å². The Labute approximate surface area is 193 Å². The van der Waals surface area contributed by atoms with Crippen LogP contribution < -0.4 is 10.3 Å². The third kappa shape index (κ3) is 4.88.